The molecule has 1 N–H and O–H groups in total. The van der Waals surface area contributed by atoms with Crippen molar-refractivity contribution in [2.24, 2.45) is 0 Å². The number of aromatic amines is 1. The number of hydrogen-bond donors (Lipinski definition) is 1. The SMILES string of the molecule is O=C(c1cccnc1OCC(F)(F)F)N1CCC[C@@H](c2ncn[nH]2)C1. The number of H-pyrrole nitrogens is 1. The van der Waals surface area contributed by atoms with Crippen LogP contribution in [-0.2, 0) is 0 Å². The van der Waals surface area contributed by atoms with Crippen molar-refractivity contribution < 1.29 is 22.7 Å². The number of halogens is 3. The summed E-state index contributed by atoms with van der Waals surface area (Å²) >= 11 is 0. The van der Waals surface area contributed by atoms with Gasteiger partial charge in [0.05, 0.1) is 0 Å². The van der Waals surface area contributed by atoms with Crippen LogP contribution in [0.15, 0.2) is 24.7 Å². The molecule has 2 aromatic heterocycles. The summed E-state index contributed by atoms with van der Waals surface area (Å²) in [4.78, 5) is 22.2. The van der Waals surface area contributed by atoms with Crippen molar-refractivity contribution in [3.63, 3.8) is 0 Å². The fourth-order valence-corrected chi connectivity index (χ4v) is 2.79. The molecule has 1 atom stereocenters. The molecule has 0 radical (unpaired) electrons. The second kappa shape index (κ2) is 7.08. The van der Waals surface area contributed by atoms with E-state index in [1.807, 2.05) is 0 Å². The van der Waals surface area contributed by atoms with E-state index in [9.17, 15) is 18.0 Å². The number of nitrogens with one attached hydrogen (secondary N) is 1. The average Bonchev–Trinajstić information content (AvgIpc) is 3.14. The van der Waals surface area contributed by atoms with Gasteiger partial charge in [-0.15, -0.1) is 0 Å². The number of pyridine rings is 1. The summed E-state index contributed by atoms with van der Waals surface area (Å²) in [5, 5.41) is 6.60. The lowest BCUT2D eigenvalue weighted by Gasteiger charge is -2.32. The van der Waals surface area contributed by atoms with E-state index in [1.54, 1.807) is 4.90 Å². The third kappa shape index (κ3) is 4.25. The summed E-state index contributed by atoms with van der Waals surface area (Å²) in [6, 6.07) is 2.91. The summed E-state index contributed by atoms with van der Waals surface area (Å²) in [5.74, 6) is -0.0187. The molecule has 0 saturated carbocycles. The molecule has 10 heteroatoms. The minimum Gasteiger partial charge on any atom is -0.467 e. The highest BCUT2D eigenvalue weighted by atomic mass is 19.4. The average molecular weight is 355 g/mol. The molecule has 1 aliphatic rings. The highest BCUT2D eigenvalue weighted by Gasteiger charge is 2.31. The molecule has 0 spiro atoms. The molecular weight excluding hydrogens is 339 g/mol. The number of likely N-dealkylation sites (tertiary alicyclic amines) is 1. The van der Waals surface area contributed by atoms with Crippen LogP contribution >= 0.6 is 0 Å². The van der Waals surface area contributed by atoms with E-state index in [4.69, 9.17) is 4.74 Å². The van der Waals surface area contributed by atoms with Gasteiger partial charge in [0.2, 0.25) is 5.88 Å². The predicted octanol–water partition coefficient (Wildman–Crippen LogP) is 2.16. The Bertz CT molecular complexity index is 720. The Morgan fingerprint density at radius 1 is 1.40 bits per heavy atom. The minimum absolute atomic E-state index is 0.0106. The van der Waals surface area contributed by atoms with Gasteiger partial charge >= 0.3 is 6.18 Å². The van der Waals surface area contributed by atoms with E-state index in [0.717, 1.165) is 12.8 Å². The van der Waals surface area contributed by atoms with Gasteiger partial charge < -0.3 is 9.64 Å². The Kier molecular flexibility index (Phi) is 4.86. The van der Waals surface area contributed by atoms with Gasteiger partial charge in [-0.2, -0.15) is 18.3 Å². The smallest absolute Gasteiger partial charge is 0.422 e. The van der Waals surface area contributed by atoms with Crippen LogP contribution in [-0.4, -0.2) is 56.8 Å². The molecule has 1 aliphatic heterocycles. The van der Waals surface area contributed by atoms with E-state index in [-0.39, 0.29) is 17.4 Å². The van der Waals surface area contributed by atoms with Crippen LogP contribution in [0.25, 0.3) is 0 Å². The molecule has 3 heterocycles. The first-order chi connectivity index (χ1) is 11.9. The molecular formula is C15H16F3N5O2. The van der Waals surface area contributed by atoms with Gasteiger partial charge in [0.15, 0.2) is 6.61 Å². The van der Waals surface area contributed by atoms with E-state index in [0.29, 0.717) is 18.9 Å². The fourth-order valence-electron chi connectivity index (χ4n) is 2.79. The number of carbonyl (C=O) groups excluding carboxylic acids is 1. The van der Waals surface area contributed by atoms with Crippen LogP contribution in [0, 0.1) is 0 Å². The Balaban J connectivity index is 1.74. The normalized spacial score (nSPS) is 18.2. The molecule has 1 fully saturated rings. The van der Waals surface area contributed by atoms with Crippen molar-refractivity contribution in [2.45, 2.75) is 24.9 Å². The number of nitrogens with zero attached hydrogens (tertiary/aromatic N) is 4. The molecule has 1 amide bonds. The summed E-state index contributed by atoms with van der Waals surface area (Å²) in [5.41, 5.74) is 0.0185. The van der Waals surface area contributed by atoms with Crippen LogP contribution in [0.5, 0.6) is 5.88 Å². The maximum Gasteiger partial charge on any atom is 0.422 e. The molecule has 1 saturated heterocycles. The number of piperidine rings is 1. The third-order valence-electron chi connectivity index (χ3n) is 3.90. The first-order valence-corrected chi connectivity index (χ1v) is 7.73. The van der Waals surface area contributed by atoms with Gasteiger partial charge in [0, 0.05) is 25.2 Å². The van der Waals surface area contributed by atoms with Gasteiger partial charge in [-0.3, -0.25) is 9.89 Å². The second-order valence-corrected chi connectivity index (χ2v) is 5.72. The number of alkyl halides is 3. The predicted molar refractivity (Wildman–Crippen MR) is 80.0 cm³/mol. The van der Waals surface area contributed by atoms with Crippen molar-refractivity contribution in [1.29, 1.82) is 0 Å². The zero-order valence-electron chi connectivity index (χ0n) is 13.2. The fraction of sp³-hybridized carbons (Fsp3) is 0.467. The van der Waals surface area contributed by atoms with Crippen molar-refractivity contribution in [2.75, 3.05) is 19.7 Å². The van der Waals surface area contributed by atoms with E-state index < -0.39 is 18.7 Å². The quantitative estimate of drug-likeness (QED) is 0.909. The van der Waals surface area contributed by atoms with Crippen molar-refractivity contribution >= 4 is 5.91 Å². The minimum atomic E-state index is -4.50. The zero-order chi connectivity index (χ0) is 17.9. The number of rotatable bonds is 4. The lowest BCUT2D eigenvalue weighted by molar-refractivity contribution is -0.154. The van der Waals surface area contributed by atoms with Crippen LogP contribution < -0.4 is 4.74 Å². The molecule has 0 aliphatic carbocycles. The Morgan fingerprint density at radius 3 is 2.96 bits per heavy atom. The first kappa shape index (κ1) is 17.2. The third-order valence-corrected chi connectivity index (χ3v) is 3.90. The van der Waals surface area contributed by atoms with Crippen LogP contribution in [0.3, 0.4) is 0 Å². The molecule has 3 rings (SSSR count). The maximum atomic E-state index is 12.7. The van der Waals surface area contributed by atoms with Crippen LogP contribution in [0.1, 0.15) is 34.9 Å². The van der Waals surface area contributed by atoms with Crippen LogP contribution in [0.2, 0.25) is 0 Å². The van der Waals surface area contributed by atoms with E-state index >= 15 is 0 Å². The van der Waals surface area contributed by atoms with Gasteiger partial charge in [-0.25, -0.2) is 9.97 Å². The summed E-state index contributed by atoms with van der Waals surface area (Å²) in [6.45, 7) is -0.580. The molecule has 0 aromatic carbocycles. The first-order valence-electron chi connectivity index (χ1n) is 7.73. The zero-order valence-corrected chi connectivity index (χ0v) is 13.2. The summed E-state index contributed by atoms with van der Waals surface area (Å²) in [7, 11) is 0. The monoisotopic (exact) mass is 355 g/mol. The number of carbonyl (C=O) groups is 1. The molecule has 0 bridgehead atoms. The maximum absolute atomic E-state index is 12.7. The van der Waals surface area contributed by atoms with E-state index in [1.165, 1.54) is 24.7 Å². The molecule has 7 nitrogen and oxygen atoms in total. The largest absolute Gasteiger partial charge is 0.467 e. The van der Waals surface area contributed by atoms with Gasteiger partial charge in [-0.05, 0) is 25.0 Å². The Labute approximate surface area is 141 Å². The van der Waals surface area contributed by atoms with Gasteiger partial charge in [0.25, 0.3) is 5.91 Å². The lowest BCUT2D eigenvalue weighted by atomic mass is 9.97. The molecule has 2 aromatic rings. The number of hydrogen-bond acceptors (Lipinski definition) is 5. The second-order valence-electron chi connectivity index (χ2n) is 5.72. The van der Waals surface area contributed by atoms with Gasteiger partial charge in [0.1, 0.15) is 17.7 Å². The standard InChI is InChI=1S/C15H16F3N5O2/c16-15(17,18)8-25-13-11(4-1-5-19-13)14(24)23-6-2-3-10(7-23)12-20-9-21-22-12/h1,4-5,9-10H,2-3,6-8H2,(H,20,21,22)/t10-/m1/s1. The summed E-state index contributed by atoms with van der Waals surface area (Å²) < 4.78 is 41.8. The Hall–Kier alpha value is -2.65. The highest BCUT2D eigenvalue weighted by Crippen LogP contribution is 2.27. The van der Waals surface area contributed by atoms with Crippen LogP contribution in [0.4, 0.5) is 13.2 Å². The number of amides is 1. The molecule has 0 unspecified atom stereocenters. The number of aromatic nitrogens is 4. The number of ether oxygens (including phenoxy) is 1. The van der Waals surface area contributed by atoms with Gasteiger partial charge in [-0.1, -0.05) is 0 Å². The lowest BCUT2D eigenvalue weighted by Crippen LogP contribution is -2.39. The van der Waals surface area contributed by atoms with E-state index in [2.05, 4.69) is 20.2 Å². The molecule has 25 heavy (non-hydrogen) atoms. The Morgan fingerprint density at radius 2 is 2.24 bits per heavy atom. The topological polar surface area (TPSA) is 84.0 Å². The van der Waals surface area contributed by atoms with Crippen molar-refractivity contribution in [3.05, 3.63) is 36.0 Å². The highest BCUT2D eigenvalue weighted by molar-refractivity contribution is 5.96. The van der Waals surface area contributed by atoms with Crippen molar-refractivity contribution in [3.8, 4) is 5.88 Å². The molecule has 134 valence electrons. The van der Waals surface area contributed by atoms with Crippen molar-refractivity contribution in [1.82, 2.24) is 25.1 Å². The summed E-state index contributed by atoms with van der Waals surface area (Å²) in [6.07, 6.45) is -0.198.